The van der Waals surface area contributed by atoms with Gasteiger partial charge in [-0.1, -0.05) is 46.7 Å². The third-order valence-electron chi connectivity index (χ3n) is 8.61. The highest BCUT2D eigenvalue weighted by Gasteiger charge is 2.20. The molecule has 0 radical (unpaired) electrons. The number of benzene rings is 2. The van der Waals surface area contributed by atoms with Crippen molar-refractivity contribution in [2.75, 3.05) is 19.9 Å². The first kappa shape index (κ1) is 39.5. The molecular weight excluding hydrogens is 782 g/mol. The zero-order valence-corrected chi connectivity index (χ0v) is 32.9. The highest BCUT2D eigenvalue weighted by molar-refractivity contribution is 7.66. The lowest BCUT2D eigenvalue weighted by atomic mass is 10.1. The van der Waals surface area contributed by atoms with E-state index in [4.69, 9.17) is 13.6 Å². The fourth-order valence-corrected chi connectivity index (χ4v) is 7.65. The highest BCUT2D eigenvalue weighted by Crippen LogP contribution is 2.41. The van der Waals surface area contributed by atoms with Gasteiger partial charge in [0.05, 0.1) is 6.61 Å². The lowest BCUT2D eigenvalue weighted by Gasteiger charge is -2.12. The van der Waals surface area contributed by atoms with Crippen LogP contribution in [0.2, 0.25) is 0 Å². The molecule has 2 unspecified atom stereocenters. The number of hydrogen-bond acceptors (Lipinski definition) is 13. The molecule has 292 valence electrons. The molecule has 6 heterocycles. The molecule has 0 aliphatic carbocycles. The van der Waals surface area contributed by atoms with Gasteiger partial charge >= 0.3 is 0 Å². The summed E-state index contributed by atoms with van der Waals surface area (Å²) in [5.41, 5.74) is 3.41. The molecule has 2 aromatic carbocycles. The maximum atomic E-state index is 12.5. The third-order valence-corrected chi connectivity index (χ3v) is 11.9. The molecule has 0 saturated heterocycles. The van der Waals surface area contributed by atoms with E-state index in [0.717, 1.165) is 5.56 Å². The first-order chi connectivity index (χ1) is 27.9. The summed E-state index contributed by atoms with van der Waals surface area (Å²) in [6.07, 6.45) is 6.09. The third kappa shape index (κ3) is 8.96. The summed E-state index contributed by atoms with van der Waals surface area (Å²) < 4.78 is 40.2. The minimum atomic E-state index is -3.31. The minimum absolute atomic E-state index is 0.239. The van der Waals surface area contributed by atoms with Crippen molar-refractivity contribution in [1.82, 2.24) is 40.2 Å². The zero-order chi connectivity index (χ0) is 40.9. The molecule has 8 aromatic rings. The Morgan fingerprint density at radius 2 is 1.07 bits per heavy atom. The first-order valence-electron chi connectivity index (χ1n) is 17.6. The van der Waals surface area contributed by atoms with Crippen molar-refractivity contribution in [2.24, 2.45) is 0 Å². The number of rotatable bonds is 10. The Morgan fingerprint density at radius 3 is 1.45 bits per heavy atom. The quantitative estimate of drug-likeness (QED) is 0.127. The second-order valence-electron chi connectivity index (χ2n) is 12.8. The molecule has 2 atom stereocenters. The lowest BCUT2D eigenvalue weighted by molar-refractivity contribution is 0.345. The van der Waals surface area contributed by atoms with Gasteiger partial charge in [0.2, 0.25) is 14.7 Å². The summed E-state index contributed by atoms with van der Waals surface area (Å²) in [4.78, 5) is 56.8. The van der Waals surface area contributed by atoms with Crippen molar-refractivity contribution < 1.29 is 27.6 Å². The van der Waals surface area contributed by atoms with Gasteiger partial charge in [-0.3, -0.25) is 28.7 Å². The molecule has 0 bridgehead atoms. The predicted molar refractivity (Wildman–Crippen MR) is 218 cm³/mol. The van der Waals surface area contributed by atoms with Crippen LogP contribution in [0.3, 0.4) is 0 Å². The molecule has 0 amide bonds. The van der Waals surface area contributed by atoms with Gasteiger partial charge in [-0.25, -0.2) is 9.97 Å². The number of aromatic nitrogens is 8. The van der Waals surface area contributed by atoms with Crippen molar-refractivity contribution in [3.05, 3.63) is 143 Å². The van der Waals surface area contributed by atoms with Gasteiger partial charge in [0, 0.05) is 72.0 Å². The van der Waals surface area contributed by atoms with Crippen LogP contribution in [-0.2, 0) is 13.7 Å². The monoisotopic (exact) mass is 816 g/mol. The van der Waals surface area contributed by atoms with Crippen LogP contribution in [-0.4, -0.2) is 65.0 Å². The van der Waals surface area contributed by atoms with Crippen LogP contribution in [0.5, 0.6) is 0 Å². The fourth-order valence-electron chi connectivity index (χ4n) is 5.62. The van der Waals surface area contributed by atoms with Gasteiger partial charge in [0.25, 0.3) is 11.1 Å². The van der Waals surface area contributed by atoms with E-state index in [1.54, 1.807) is 117 Å². The molecule has 0 fully saturated rings. The number of nitrogens with zero attached hydrogens (tertiary/aromatic N) is 6. The number of hydrogen-bond donors (Lipinski definition) is 3. The number of pyridine rings is 2. The smallest absolute Gasteiger partial charge is 0.262 e. The van der Waals surface area contributed by atoms with Gasteiger partial charge in [-0.15, -0.1) is 0 Å². The summed E-state index contributed by atoms with van der Waals surface area (Å²) in [6, 6.07) is 27.5. The van der Waals surface area contributed by atoms with Crippen molar-refractivity contribution >= 4 is 25.3 Å². The summed E-state index contributed by atoms with van der Waals surface area (Å²) >= 11 is 0. The SMILES string of the molecule is CCOP(C)(=O)c1ccc(-c2cc(-c3cnc(-c4ccccn4)[nH]c3=O)on2)cc1.CP(=O)(O)c1ccc(-c2cc(-c3cnc(-c4ccccn4)[nH]c3=O)on2)cc1. The van der Waals surface area contributed by atoms with Crippen molar-refractivity contribution in [1.29, 1.82) is 0 Å². The number of nitrogens with one attached hydrogen (secondary N) is 2. The molecule has 6 aromatic heterocycles. The van der Waals surface area contributed by atoms with Crippen LogP contribution in [0.25, 0.3) is 68.2 Å². The maximum absolute atomic E-state index is 12.5. The molecule has 0 saturated carbocycles. The number of H-pyrrole nitrogens is 2. The predicted octanol–water partition coefficient (Wildman–Crippen LogP) is 6.40. The van der Waals surface area contributed by atoms with Crippen LogP contribution in [0, 0.1) is 0 Å². The summed E-state index contributed by atoms with van der Waals surface area (Å²) in [7, 11) is -6.15. The van der Waals surface area contributed by atoms with Crippen LogP contribution < -0.4 is 21.7 Å². The van der Waals surface area contributed by atoms with E-state index in [9.17, 15) is 23.6 Å². The molecule has 18 heteroatoms. The molecule has 0 spiro atoms. The zero-order valence-electron chi connectivity index (χ0n) is 31.1. The van der Waals surface area contributed by atoms with E-state index in [1.807, 2.05) is 6.07 Å². The Labute approximate surface area is 330 Å². The first-order valence-corrected chi connectivity index (χ1v) is 21.8. The lowest BCUT2D eigenvalue weighted by Crippen LogP contribution is -2.11. The van der Waals surface area contributed by atoms with E-state index in [1.165, 1.54) is 19.1 Å². The average molecular weight is 817 g/mol. The standard InChI is InChI=1S/C21H19N4O4P.C19H15N4O4P/c1-3-28-30(2,27)15-9-7-14(8-10-15)18-12-19(29-25-18)16-13-23-20(24-21(16)26)17-6-4-5-11-22-17;1-28(25,26)13-7-5-12(6-8-13)16-10-17(27-23-16)14-11-21-18(22-19(14)24)15-4-2-3-9-20-15/h4-13H,3H2,1-2H3,(H,23,24,26);2-11H,1H3,(H,25,26)(H,21,22,24). The van der Waals surface area contributed by atoms with Gasteiger partial charge in [-0.05, 0) is 55.5 Å². The summed E-state index contributed by atoms with van der Waals surface area (Å²) in [5, 5.41) is 9.00. The molecule has 16 nitrogen and oxygen atoms in total. The molecule has 58 heavy (non-hydrogen) atoms. The Hall–Kier alpha value is -6.70. The Bertz CT molecular complexity index is 2890. The van der Waals surface area contributed by atoms with Gasteiger partial charge in [0.1, 0.15) is 33.9 Å². The Morgan fingerprint density at radius 1 is 0.621 bits per heavy atom. The number of aromatic amines is 2. The van der Waals surface area contributed by atoms with Crippen LogP contribution in [0.15, 0.2) is 140 Å². The summed E-state index contributed by atoms with van der Waals surface area (Å²) in [6.45, 7) is 5.06. The maximum Gasteiger partial charge on any atom is 0.262 e. The molecule has 0 aliphatic rings. The van der Waals surface area contributed by atoms with Gasteiger partial charge < -0.3 is 28.4 Å². The van der Waals surface area contributed by atoms with E-state index >= 15 is 0 Å². The van der Waals surface area contributed by atoms with Crippen molar-refractivity contribution in [2.45, 2.75) is 6.92 Å². The van der Waals surface area contributed by atoms with Crippen molar-refractivity contribution in [3.8, 4) is 68.2 Å². The van der Waals surface area contributed by atoms with E-state index < -0.39 is 14.7 Å². The van der Waals surface area contributed by atoms with Crippen molar-refractivity contribution in [3.63, 3.8) is 0 Å². The average Bonchev–Trinajstić information content (AvgIpc) is 3.93. The second kappa shape index (κ2) is 16.8. The minimum Gasteiger partial charge on any atom is -0.355 e. The Kier molecular flexibility index (Phi) is 11.5. The van der Waals surface area contributed by atoms with E-state index in [-0.39, 0.29) is 28.0 Å². The topological polar surface area (TPSA) is 233 Å². The highest BCUT2D eigenvalue weighted by atomic mass is 31.2. The van der Waals surface area contributed by atoms with Gasteiger partial charge in [-0.2, -0.15) is 0 Å². The van der Waals surface area contributed by atoms with E-state index in [0.29, 0.717) is 63.0 Å². The van der Waals surface area contributed by atoms with Crippen LogP contribution in [0.1, 0.15) is 6.92 Å². The molecule has 0 aliphatic heterocycles. The summed E-state index contributed by atoms with van der Waals surface area (Å²) in [5.74, 6) is 1.30. The molecular formula is C40H34N8O8P2. The van der Waals surface area contributed by atoms with E-state index in [2.05, 4.69) is 40.2 Å². The molecule has 3 N–H and O–H groups in total. The van der Waals surface area contributed by atoms with Crippen LogP contribution in [0.4, 0.5) is 0 Å². The van der Waals surface area contributed by atoms with Crippen LogP contribution >= 0.6 is 14.7 Å². The van der Waals surface area contributed by atoms with Gasteiger partial charge in [0.15, 0.2) is 23.2 Å². The Balaban J connectivity index is 0.000000177. The molecule has 8 rings (SSSR count). The normalized spacial score (nSPS) is 13.2. The second-order valence-corrected chi connectivity index (χ2v) is 17.5. The fraction of sp³-hybridized carbons (Fsp3) is 0.100. The largest absolute Gasteiger partial charge is 0.355 e.